The summed E-state index contributed by atoms with van der Waals surface area (Å²) in [5.74, 6) is 0.738. The van der Waals surface area contributed by atoms with Crippen molar-refractivity contribution in [2.45, 2.75) is 25.7 Å². The second-order valence-electron chi connectivity index (χ2n) is 8.15. The van der Waals surface area contributed by atoms with Crippen LogP contribution in [0.15, 0.2) is 79.3 Å². The van der Waals surface area contributed by atoms with E-state index in [-0.39, 0.29) is 11.9 Å². The zero-order chi connectivity index (χ0) is 21.9. The zero-order valence-electron chi connectivity index (χ0n) is 18.1. The van der Waals surface area contributed by atoms with E-state index in [1.165, 1.54) is 11.1 Å². The Hall–Kier alpha value is -3.71. The van der Waals surface area contributed by atoms with Crippen molar-refractivity contribution in [2.75, 3.05) is 6.54 Å². The fraction of sp³-hybridized carbons (Fsp3) is 0.240. The number of aromatic nitrogens is 4. The lowest BCUT2D eigenvalue weighted by Gasteiger charge is -2.36. The lowest BCUT2D eigenvalue weighted by atomic mass is 10.0. The first-order valence-electron chi connectivity index (χ1n) is 10.8. The topological polar surface area (TPSA) is 68.0 Å². The predicted octanol–water partition coefficient (Wildman–Crippen LogP) is 3.15. The predicted molar refractivity (Wildman–Crippen MR) is 122 cm³/mol. The van der Waals surface area contributed by atoms with Crippen molar-refractivity contribution >= 4 is 5.91 Å². The summed E-state index contributed by atoms with van der Waals surface area (Å²) in [6, 6.07) is 20.9. The van der Waals surface area contributed by atoms with Crippen molar-refractivity contribution in [2.24, 2.45) is 7.05 Å². The van der Waals surface area contributed by atoms with E-state index in [4.69, 9.17) is 4.98 Å². The maximum atomic E-state index is 12.8. The van der Waals surface area contributed by atoms with Gasteiger partial charge in [-0.3, -0.25) is 14.4 Å². The SMILES string of the molecule is Cn1cc(CNC(=O)c2cn3c(n2)C(c2ccccc2)N(Cc2ccccc2)CC3)cn1. The molecule has 3 heterocycles. The summed E-state index contributed by atoms with van der Waals surface area (Å²) >= 11 is 0. The minimum atomic E-state index is -0.169. The van der Waals surface area contributed by atoms with Gasteiger partial charge in [-0.1, -0.05) is 60.7 Å². The van der Waals surface area contributed by atoms with Gasteiger partial charge in [0.15, 0.2) is 0 Å². The molecule has 7 nitrogen and oxygen atoms in total. The number of fused-ring (bicyclic) bond motifs is 1. The molecule has 5 rings (SSSR count). The smallest absolute Gasteiger partial charge is 0.271 e. The van der Waals surface area contributed by atoms with E-state index in [0.29, 0.717) is 12.2 Å². The van der Waals surface area contributed by atoms with Crippen molar-refractivity contribution < 1.29 is 4.79 Å². The third-order valence-corrected chi connectivity index (χ3v) is 5.83. The molecule has 32 heavy (non-hydrogen) atoms. The van der Waals surface area contributed by atoms with Crippen molar-refractivity contribution in [3.63, 3.8) is 0 Å². The summed E-state index contributed by atoms with van der Waals surface area (Å²) in [6.07, 6.45) is 5.53. The number of hydrogen-bond donors (Lipinski definition) is 1. The highest BCUT2D eigenvalue weighted by molar-refractivity contribution is 5.92. The number of carbonyl (C=O) groups excluding carboxylic acids is 1. The molecule has 0 saturated carbocycles. The Balaban J connectivity index is 1.41. The van der Waals surface area contributed by atoms with Crippen LogP contribution in [-0.4, -0.2) is 36.7 Å². The van der Waals surface area contributed by atoms with Crippen LogP contribution in [0, 0.1) is 0 Å². The normalized spacial score (nSPS) is 16.0. The number of imidazole rings is 1. The highest BCUT2D eigenvalue weighted by atomic mass is 16.1. The third-order valence-electron chi connectivity index (χ3n) is 5.83. The van der Waals surface area contributed by atoms with Gasteiger partial charge in [-0.15, -0.1) is 0 Å². The van der Waals surface area contributed by atoms with Gasteiger partial charge in [0.05, 0.1) is 12.2 Å². The van der Waals surface area contributed by atoms with Gasteiger partial charge in [-0.2, -0.15) is 5.10 Å². The van der Waals surface area contributed by atoms with E-state index >= 15 is 0 Å². The van der Waals surface area contributed by atoms with Gasteiger partial charge in [-0.05, 0) is 11.1 Å². The Morgan fingerprint density at radius 1 is 1.00 bits per heavy atom. The second-order valence-corrected chi connectivity index (χ2v) is 8.15. The molecule has 1 aliphatic rings. The van der Waals surface area contributed by atoms with E-state index in [1.807, 2.05) is 31.6 Å². The fourth-order valence-corrected chi connectivity index (χ4v) is 4.29. The number of nitrogens with one attached hydrogen (secondary N) is 1. The van der Waals surface area contributed by atoms with Gasteiger partial charge in [0.25, 0.3) is 5.91 Å². The minimum Gasteiger partial charge on any atom is -0.346 e. The summed E-state index contributed by atoms with van der Waals surface area (Å²) in [7, 11) is 1.86. The molecule has 4 aromatic rings. The number of aryl methyl sites for hydroxylation is 1. The molecule has 0 saturated heterocycles. The van der Waals surface area contributed by atoms with Crippen LogP contribution < -0.4 is 5.32 Å². The molecule has 1 amide bonds. The number of amides is 1. The Kier molecular flexibility index (Phi) is 5.56. The average Bonchev–Trinajstić information content (AvgIpc) is 3.44. The molecule has 0 spiro atoms. The molecule has 162 valence electrons. The van der Waals surface area contributed by atoms with E-state index in [1.54, 1.807) is 10.9 Å². The molecule has 2 aromatic heterocycles. The van der Waals surface area contributed by atoms with Crippen LogP contribution >= 0.6 is 0 Å². The van der Waals surface area contributed by atoms with E-state index in [2.05, 4.69) is 68.4 Å². The van der Waals surface area contributed by atoms with Crippen LogP contribution in [0.4, 0.5) is 0 Å². The number of nitrogens with zero attached hydrogens (tertiary/aromatic N) is 5. The largest absolute Gasteiger partial charge is 0.346 e. The van der Waals surface area contributed by atoms with Gasteiger partial charge in [0, 0.05) is 51.2 Å². The van der Waals surface area contributed by atoms with E-state index in [0.717, 1.165) is 31.0 Å². The summed E-state index contributed by atoms with van der Waals surface area (Å²) < 4.78 is 3.85. The number of rotatable bonds is 6. The maximum Gasteiger partial charge on any atom is 0.271 e. The van der Waals surface area contributed by atoms with Crippen LogP contribution in [0.25, 0.3) is 0 Å². The molecule has 7 heteroatoms. The van der Waals surface area contributed by atoms with Gasteiger partial charge in [0.1, 0.15) is 11.5 Å². The number of benzene rings is 2. The average molecular weight is 427 g/mol. The second kappa shape index (κ2) is 8.80. The summed E-state index contributed by atoms with van der Waals surface area (Å²) in [5, 5.41) is 7.11. The van der Waals surface area contributed by atoms with Gasteiger partial charge in [0.2, 0.25) is 0 Å². The summed E-state index contributed by atoms with van der Waals surface area (Å²) in [4.78, 5) is 20.1. The minimum absolute atomic E-state index is 0.00923. The molecular weight excluding hydrogens is 400 g/mol. The Labute approximate surface area is 187 Å². The first-order chi connectivity index (χ1) is 15.7. The molecule has 1 aliphatic heterocycles. The maximum absolute atomic E-state index is 12.8. The third kappa shape index (κ3) is 4.20. The lowest BCUT2D eigenvalue weighted by molar-refractivity contribution is 0.0946. The Morgan fingerprint density at radius 2 is 1.75 bits per heavy atom. The van der Waals surface area contributed by atoms with Crippen molar-refractivity contribution in [1.82, 2.24) is 29.5 Å². The Morgan fingerprint density at radius 3 is 2.47 bits per heavy atom. The molecule has 0 fully saturated rings. The first kappa shape index (κ1) is 20.2. The number of carbonyl (C=O) groups is 1. The van der Waals surface area contributed by atoms with Gasteiger partial charge >= 0.3 is 0 Å². The highest BCUT2D eigenvalue weighted by Crippen LogP contribution is 2.32. The quantitative estimate of drug-likeness (QED) is 0.514. The molecular formula is C25H26N6O. The molecule has 1 N–H and O–H groups in total. The molecule has 1 unspecified atom stereocenters. The molecule has 0 aliphatic carbocycles. The molecule has 1 atom stereocenters. The van der Waals surface area contributed by atoms with Crippen LogP contribution in [0.2, 0.25) is 0 Å². The van der Waals surface area contributed by atoms with E-state index in [9.17, 15) is 4.79 Å². The van der Waals surface area contributed by atoms with Crippen LogP contribution in [0.5, 0.6) is 0 Å². The lowest BCUT2D eigenvalue weighted by Crippen LogP contribution is -2.38. The monoisotopic (exact) mass is 426 g/mol. The van der Waals surface area contributed by atoms with E-state index < -0.39 is 0 Å². The van der Waals surface area contributed by atoms with Gasteiger partial charge in [-0.25, -0.2) is 4.98 Å². The fourth-order valence-electron chi connectivity index (χ4n) is 4.29. The zero-order valence-corrected chi connectivity index (χ0v) is 18.1. The van der Waals surface area contributed by atoms with Crippen LogP contribution in [0.1, 0.15) is 39.0 Å². The van der Waals surface area contributed by atoms with Crippen molar-refractivity contribution in [3.05, 3.63) is 107 Å². The Bertz CT molecular complexity index is 1200. The van der Waals surface area contributed by atoms with Gasteiger partial charge < -0.3 is 9.88 Å². The molecule has 2 aromatic carbocycles. The molecule has 0 radical (unpaired) electrons. The first-order valence-corrected chi connectivity index (χ1v) is 10.8. The molecule has 0 bridgehead atoms. The summed E-state index contributed by atoms with van der Waals surface area (Å²) in [6.45, 7) is 2.94. The van der Waals surface area contributed by atoms with Crippen molar-refractivity contribution in [3.8, 4) is 0 Å². The number of hydrogen-bond acceptors (Lipinski definition) is 4. The standard InChI is InChI=1S/C25H26N6O/c1-29-16-20(15-27-29)14-26-25(32)22-18-31-13-12-30(17-19-8-4-2-5-9-19)23(24(31)28-22)21-10-6-3-7-11-21/h2-11,15-16,18,23H,12-14,17H2,1H3,(H,26,32). The van der Waals surface area contributed by atoms with Crippen LogP contribution in [-0.2, 0) is 26.7 Å². The summed E-state index contributed by atoms with van der Waals surface area (Å²) in [5.41, 5.74) is 3.85. The van der Waals surface area contributed by atoms with Crippen molar-refractivity contribution in [1.29, 1.82) is 0 Å². The van der Waals surface area contributed by atoms with Crippen LogP contribution in [0.3, 0.4) is 0 Å². The highest BCUT2D eigenvalue weighted by Gasteiger charge is 2.32.